The van der Waals surface area contributed by atoms with Crippen LogP contribution in [0.2, 0.25) is 0 Å². The van der Waals surface area contributed by atoms with E-state index in [1.165, 1.54) is 5.46 Å². The third-order valence-corrected chi connectivity index (χ3v) is 3.93. The molecule has 15 heavy (non-hydrogen) atoms. The van der Waals surface area contributed by atoms with Gasteiger partial charge in [-0.1, -0.05) is 35.8 Å². The third-order valence-electron chi connectivity index (χ3n) is 3.93. The molecule has 2 saturated heterocycles. The number of fused-ring (bicyclic) bond motifs is 1. The summed E-state index contributed by atoms with van der Waals surface area (Å²) in [6.45, 7) is 2.49. The minimum Gasteiger partial charge on any atom is -0.505 e. The number of nitrogens with zero attached hydrogens (tertiary/aromatic N) is 1. The molecule has 0 spiro atoms. The van der Waals surface area contributed by atoms with E-state index in [1.807, 2.05) is 6.07 Å². The third kappa shape index (κ3) is 1.13. The Morgan fingerprint density at radius 3 is 2.27 bits per heavy atom. The molecular formula is C11H16BNO2. The van der Waals surface area contributed by atoms with Gasteiger partial charge in [-0.25, -0.2) is 0 Å². The van der Waals surface area contributed by atoms with Crippen molar-refractivity contribution in [3.05, 3.63) is 30.3 Å². The second kappa shape index (κ2) is 3.08. The molecule has 0 N–H and O–H groups in total. The van der Waals surface area contributed by atoms with E-state index in [9.17, 15) is 0 Å². The van der Waals surface area contributed by atoms with Crippen LogP contribution < -0.4 is 5.46 Å². The highest BCUT2D eigenvalue weighted by Gasteiger charge is 2.57. The Morgan fingerprint density at radius 1 is 1.07 bits per heavy atom. The van der Waals surface area contributed by atoms with Gasteiger partial charge in [0.15, 0.2) is 0 Å². The number of rotatable bonds is 1. The first-order valence-corrected chi connectivity index (χ1v) is 5.59. The van der Waals surface area contributed by atoms with Crippen molar-refractivity contribution < 1.29 is 13.7 Å². The summed E-state index contributed by atoms with van der Waals surface area (Å²) in [5.74, 6) is 0. The maximum absolute atomic E-state index is 5.97. The zero-order chi connectivity index (χ0) is 10.4. The number of benzene rings is 1. The van der Waals surface area contributed by atoms with Crippen molar-refractivity contribution in [1.29, 1.82) is 0 Å². The van der Waals surface area contributed by atoms with Gasteiger partial charge < -0.3 is 13.7 Å². The van der Waals surface area contributed by atoms with Crippen molar-refractivity contribution in [3.63, 3.8) is 0 Å². The maximum Gasteiger partial charge on any atom is 0.502 e. The van der Waals surface area contributed by atoms with Crippen molar-refractivity contribution in [2.24, 2.45) is 0 Å². The van der Waals surface area contributed by atoms with Gasteiger partial charge in [0.2, 0.25) is 0 Å². The van der Waals surface area contributed by atoms with Gasteiger partial charge in [-0.15, -0.1) is 0 Å². The molecular weight excluding hydrogens is 189 g/mol. The van der Waals surface area contributed by atoms with Crippen molar-refractivity contribution in [3.8, 4) is 0 Å². The molecule has 2 aliphatic heterocycles. The summed E-state index contributed by atoms with van der Waals surface area (Å²) in [5.41, 5.74) is 1.20. The van der Waals surface area contributed by atoms with Crippen LogP contribution in [0.1, 0.15) is 0 Å². The normalized spacial score (nSPS) is 39.3. The summed E-state index contributed by atoms with van der Waals surface area (Å²) >= 11 is 0. The molecule has 2 fully saturated rings. The first-order chi connectivity index (χ1) is 7.27. The highest BCUT2D eigenvalue weighted by molar-refractivity contribution is 6.75. The fourth-order valence-electron chi connectivity index (χ4n) is 2.95. The highest BCUT2D eigenvalue weighted by atomic mass is 16.6. The standard InChI is InChI=1S/C11H16BNO2/c1-13-7-9-14-12(13,15-10-8-13)11-5-3-2-4-6-11/h2-6H,7-10H2,1H3. The summed E-state index contributed by atoms with van der Waals surface area (Å²) in [4.78, 5) is 0. The Morgan fingerprint density at radius 2 is 1.67 bits per heavy atom. The molecule has 0 unspecified atom stereocenters. The maximum atomic E-state index is 5.97. The van der Waals surface area contributed by atoms with Crippen LogP contribution in [-0.4, -0.2) is 44.4 Å². The minimum atomic E-state index is -1.26. The number of quaternary nitrogens is 1. The molecule has 0 radical (unpaired) electrons. The molecule has 0 atom stereocenters. The molecule has 3 rings (SSSR count). The van der Waals surface area contributed by atoms with Crippen LogP contribution in [0.3, 0.4) is 0 Å². The van der Waals surface area contributed by atoms with E-state index in [0.29, 0.717) is 0 Å². The van der Waals surface area contributed by atoms with Crippen molar-refractivity contribution >= 4 is 12.1 Å². The number of likely N-dealkylation sites (N-methyl/N-ethyl adjacent to an activating group) is 1. The van der Waals surface area contributed by atoms with Gasteiger partial charge in [0, 0.05) is 7.05 Å². The van der Waals surface area contributed by atoms with E-state index >= 15 is 0 Å². The fourth-order valence-corrected chi connectivity index (χ4v) is 2.95. The Kier molecular flexibility index (Phi) is 1.93. The van der Waals surface area contributed by atoms with Crippen molar-refractivity contribution in [2.45, 2.75) is 0 Å². The Balaban J connectivity index is 2.10. The van der Waals surface area contributed by atoms with Crippen LogP contribution >= 0.6 is 0 Å². The monoisotopic (exact) mass is 205 g/mol. The van der Waals surface area contributed by atoms with Gasteiger partial charge in [-0.05, 0) is 0 Å². The molecule has 0 aromatic heterocycles. The van der Waals surface area contributed by atoms with Crippen LogP contribution in [0, 0.1) is 0 Å². The second-order valence-corrected chi connectivity index (χ2v) is 4.75. The molecule has 3 nitrogen and oxygen atoms in total. The lowest BCUT2D eigenvalue weighted by Gasteiger charge is -2.43. The SMILES string of the molecule is C[N+]12CCO[B-]1(c1ccccc1)OCC2. The molecule has 2 aliphatic rings. The first kappa shape index (κ1) is 9.40. The molecule has 4 heteroatoms. The predicted molar refractivity (Wildman–Crippen MR) is 59.7 cm³/mol. The molecule has 0 aliphatic carbocycles. The summed E-state index contributed by atoms with van der Waals surface area (Å²) < 4.78 is 12.9. The predicted octanol–water partition coefficient (Wildman–Crippen LogP) is 0.339. The van der Waals surface area contributed by atoms with E-state index in [2.05, 4.69) is 31.3 Å². The van der Waals surface area contributed by atoms with Crippen LogP contribution in [0.15, 0.2) is 30.3 Å². The molecule has 1 aromatic carbocycles. The van der Waals surface area contributed by atoms with Gasteiger partial charge in [0.05, 0.1) is 26.3 Å². The largest absolute Gasteiger partial charge is 0.505 e. The summed E-state index contributed by atoms with van der Waals surface area (Å²) in [5, 5.41) is 0. The zero-order valence-corrected chi connectivity index (χ0v) is 9.06. The van der Waals surface area contributed by atoms with Crippen LogP contribution in [0.5, 0.6) is 0 Å². The minimum absolute atomic E-state index is 0.811. The number of hydrogen-bond donors (Lipinski definition) is 0. The molecule has 0 amide bonds. The number of hydrogen-bond acceptors (Lipinski definition) is 2. The van der Waals surface area contributed by atoms with Gasteiger partial charge in [-0.2, -0.15) is 0 Å². The molecule has 80 valence electrons. The quantitative estimate of drug-likeness (QED) is 0.615. The highest BCUT2D eigenvalue weighted by Crippen LogP contribution is 2.31. The molecule has 1 aromatic rings. The van der Waals surface area contributed by atoms with Gasteiger partial charge in [-0.3, -0.25) is 0 Å². The Hall–Kier alpha value is -0.835. The zero-order valence-electron chi connectivity index (χ0n) is 9.06. The van der Waals surface area contributed by atoms with Gasteiger partial charge in [0.1, 0.15) is 0 Å². The lowest BCUT2D eigenvalue weighted by Crippen LogP contribution is -2.67. The van der Waals surface area contributed by atoms with E-state index in [1.54, 1.807) is 0 Å². The van der Waals surface area contributed by atoms with E-state index < -0.39 is 6.69 Å². The van der Waals surface area contributed by atoms with Crippen molar-refractivity contribution in [1.82, 2.24) is 0 Å². The van der Waals surface area contributed by atoms with Crippen LogP contribution in [-0.2, 0) is 9.31 Å². The Labute approximate surface area is 90.2 Å². The molecule has 2 heterocycles. The summed E-state index contributed by atoms with van der Waals surface area (Å²) in [6, 6.07) is 10.4. The van der Waals surface area contributed by atoms with E-state index in [-0.39, 0.29) is 0 Å². The summed E-state index contributed by atoms with van der Waals surface area (Å²) in [7, 11) is 2.24. The van der Waals surface area contributed by atoms with Crippen LogP contribution in [0.4, 0.5) is 0 Å². The topological polar surface area (TPSA) is 18.5 Å². The lowest BCUT2D eigenvalue weighted by molar-refractivity contribution is -0.798. The van der Waals surface area contributed by atoms with Crippen LogP contribution in [0.25, 0.3) is 0 Å². The fraction of sp³-hybridized carbons (Fsp3) is 0.455. The lowest BCUT2D eigenvalue weighted by atomic mass is 9.61. The average molecular weight is 205 g/mol. The molecule has 0 saturated carbocycles. The Bertz CT molecular complexity index is 358. The van der Waals surface area contributed by atoms with Gasteiger partial charge in [0.25, 0.3) is 0 Å². The van der Waals surface area contributed by atoms with Gasteiger partial charge >= 0.3 is 6.69 Å². The first-order valence-electron chi connectivity index (χ1n) is 5.59. The average Bonchev–Trinajstić information content (AvgIpc) is 2.73. The van der Waals surface area contributed by atoms with Crippen molar-refractivity contribution in [2.75, 3.05) is 33.4 Å². The molecule has 0 bridgehead atoms. The van der Waals surface area contributed by atoms with E-state index in [4.69, 9.17) is 9.31 Å². The second-order valence-electron chi connectivity index (χ2n) is 4.75. The smallest absolute Gasteiger partial charge is 0.502 e. The summed E-state index contributed by atoms with van der Waals surface area (Å²) in [6.07, 6.45) is 0. The van der Waals surface area contributed by atoms with E-state index in [0.717, 1.165) is 30.7 Å².